The molecule has 7 aromatic rings. The molecular weight excluding hydrogens is 647 g/mol. The van der Waals surface area contributed by atoms with Gasteiger partial charge in [0.05, 0.1) is 10.3 Å². The summed E-state index contributed by atoms with van der Waals surface area (Å²) in [6.07, 6.45) is 1.70. The number of hydrogen-bond donors (Lipinski definition) is 0. The molecule has 1 aliphatic carbocycles. The number of fused-ring (bicyclic) bond motifs is 4. The van der Waals surface area contributed by atoms with Crippen molar-refractivity contribution in [3.63, 3.8) is 0 Å². The van der Waals surface area contributed by atoms with Crippen LogP contribution >= 0.6 is 11.3 Å². The molecule has 0 unspecified atom stereocenters. The Bertz CT molecular complexity index is 2400. The maximum Gasteiger partial charge on any atom is 0.197 e. The number of rotatable bonds is 5. The minimum atomic E-state index is -0.215. The summed E-state index contributed by atoms with van der Waals surface area (Å²) in [7, 11) is 0. The van der Waals surface area contributed by atoms with Gasteiger partial charge in [-0.05, 0) is 75.6 Å². The first-order valence-electron chi connectivity index (χ1n) is 17.3. The van der Waals surface area contributed by atoms with E-state index in [1.807, 2.05) is 24.3 Å². The highest BCUT2D eigenvalue weighted by Crippen LogP contribution is 2.43. The van der Waals surface area contributed by atoms with Crippen molar-refractivity contribution >= 4 is 67.3 Å². The van der Waals surface area contributed by atoms with Crippen LogP contribution < -0.4 is 4.90 Å². The maximum atomic E-state index is 12.9. The molecule has 0 atom stereocenters. The number of hydrogen-bond acceptors (Lipinski definition) is 5. The number of furan rings is 1. The van der Waals surface area contributed by atoms with Gasteiger partial charge in [0, 0.05) is 50.6 Å². The van der Waals surface area contributed by atoms with Gasteiger partial charge < -0.3 is 9.32 Å². The standard InChI is InChI=1S/C46H39NO3S/c1-45(2,3)30-15-19-32(20-16-30)47(33-21-17-31(18-22-33)46(4,5)6)34-23-24-37-39(26-34)50-40-27-41(51-44(37)40)29-13-11-28(12-14-29)25-38-42(48)35-9-7-8-10-36(35)43(38)49/h7-27H,1-6H3. The largest absolute Gasteiger partial charge is 0.455 e. The molecule has 5 aromatic carbocycles. The number of Topliss-reactive ketones (excluding diaryl/α,β-unsaturated/α-hetero) is 2. The Morgan fingerprint density at radius 1 is 0.588 bits per heavy atom. The molecule has 0 spiro atoms. The van der Waals surface area contributed by atoms with Gasteiger partial charge in [0.25, 0.3) is 0 Å². The van der Waals surface area contributed by atoms with Crippen molar-refractivity contribution in [2.45, 2.75) is 52.4 Å². The molecule has 51 heavy (non-hydrogen) atoms. The normalized spacial score (nSPS) is 13.3. The van der Waals surface area contributed by atoms with Crippen molar-refractivity contribution in [2.75, 3.05) is 4.90 Å². The van der Waals surface area contributed by atoms with Crippen LogP contribution in [-0.2, 0) is 10.8 Å². The first-order valence-corrected chi connectivity index (χ1v) is 18.1. The van der Waals surface area contributed by atoms with E-state index < -0.39 is 0 Å². The van der Waals surface area contributed by atoms with Gasteiger partial charge in [-0.2, -0.15) is 0 Å². The second-order valence-electron chi connectivity index (χ2n) is 15.4. The third-order valence-corrected chi connectivity index (χ3v) is 11.0. The van der Waals surface area contributed by atoms with Crippen LogP contribution in [-0.4, -0.2) is 11.6 Å². The number of thiophene rings is 1. The van der Waals surface area contributed by atoms with E-state index in [4.69, 9.17) is 4.42 Å². The number of allylic oxidation sites excluding steroid dienone is 1. The average Bonchev–Trinajstić information content (AvgIpc) is 3.75. The summed E-state index contributed by atoms with van der Waals surface area (Å²) >= 11 is 1.70. The average molecular weight is 686 g/mol. The van der Waals surface area contributed by atoms with Crippen LogP contribution in [0.15, 0.2) is 131 Å². The molecule has 2 heterocycles. The lowest BCUT2D eigenvalue weighted by Gasteiger charge is -2.28. The zero-order valence-electron chi connectivity index (χ0n) is 29.7. The van der Waals surface area contributed by atoms with Gasteiger partial charge in [0.2, 0.25) is 0 Å². The summed E-state index contributed by atoms with van der Waals surface area (Å²) < 4.78 is 7.62. The number of carbonyl (C=O) groups is 2. The summed E-state index contributed by atoms with van der Waals surface area (Å²) in [6.45, 7) is 13.4. The molecule has 0 bridgehead atoms. The van der Waals surface area contributed by atoms with Crippen molar-refractivity contribution in [2.24, 2.45) is 0 Å². The molecule has 0 radical (unpaired) electrons. The molecule has 2 aromatic heterocycles. The Morgan fingerprint density at radius 2 is 1.12 bits per heavy atom. The summed E-state index contributed by atoms with van der Waals surface area (Å²) in [6, 6.07) is 41.3. The molecule has 0 fully saturated rings. The number of anilines is 3. The van der Waals surface area contributed by atoms with Crippen LogP contribution in [0.2, 0.25) is 0 Å². The molecule has 0 N–H and O–H groups in total. The van der Waals surface area contributed by atoms with Crippen molar-refractivity contribution in [1.82, 2.24) is 0 Å². The smallest absolute Gasteiger partial charge is 0.197 e. The van der Waals surface area contributed by atoms with E-state index in [-0.39, 0.29) is 28.0 Å². The lowest BCUT2D eigenvalue weighted by atomic mass is 9.86. The van der Waals surface area contributed by atoms with Crippen molar-refractivity contribution in [3.05, 3.63) is 155 Å². The summed E-state index contributed by atoms with van der Waals surface area (Å²) in [5, 5.41) is 1.08. The molecule has 1 aliphatic rings. The first kappa shape index (κ1) is 32.7. The van der Waals surface area contributed by atoms with Crippen LogP contribution in [0, 0.1) is 0 Å². The Morgan fingerprint density at radius 3 is 1.65 bits per heavy atom. The van der Waals surface area contributed by atoms with Gasteiger partial charge >= 0.3 is 0 Å². The highest BCUT2D eigenvalue weighted by atomic mass is 32.1. The Labute approximate surface area is 302 Å². The molecule has 252 valence electrons. The lowest BCUT2D eigenvalue weighted by molar-refractivity contribution is 0.0990. The molecule has 4 nitrogen and oxygen atoms in total. The summed E-state index contributed by atoms with van der Waals surface area (Å²) in [5.74, 6) is -0.429. The predicted octanol–water partition coefficient (Wildman–Crippen LogP) is 12.8. The molecule has 0 saturated heterocycles. The predicted molar refractivity (Wildman–Crippen MR) is 212 cm³/mol. The minimum absolute atomic E-state index is 0.0680. The zero-order valence-corrected chi connectivity index (χ0v) is 30.5. The van der Waals surface area contributed by atoms with E-state index in [1.165, 1.54) is 11.1 Å². The second kappa shape index (κ2) is 12.1. The summed E-state index contributed by atoms with van der Waals surface area (Å²) in [4.78, 5) is 29.1. The van der Waals surface area contributed by atoms with Crippen LogP contribution in [0.3, 0.4) is 0 Å². The van der Waals surface area contributed by atoms with Crippen LogP contribution in [0.25, 0.3) is 37.8 Å². The highest BCUT2D eigenvalue weighted by molar-refractivity contribution is 7.23. The molecule has 0 saturated carbocycles. The van der Waals surface area contributed by atoms with Gasteiger partial charge in [0.15, 0.2) is 11.6 Å². The number of carbonyl (C=O) groups excluding carboxylic acids is 2. The molecule has 5 heteroatoms. The van der Waals surface area contributed by atoms with Crippen molar-refractivity contribution < 1.29 is 14.0 Å². The third kappa shape index (κ3) is 5.92. The Kier molecular flexibility index (Phi) is 7.73. The minimum Gasteiger partial charge on any atom is -0.455 e. The maximum absolute atomic E-state index is 12.9. The van der Waals surface area contributed by atoms with E-state index >= 15 is 0 Å². The first-order chi connectivity index (χ1) is 24.3. The highest BCUT2D eigenvalue weighted by Gasteiger charge is 2.32. The molecule has 0 amide bonds. The summed E-state index contributed by atoms with van der Waals surface area (Å²) in [5.41, 5.74) is 10.7. The van der Waals surface area contributed by atoms with Gasteiger partial charge in [-0.15, -0.1) is 11.3 Å². The van der Waals surface area contributed by atoms with Crippen LogP contribution in [0.5, 0.6) is 0 Å². The number of nitrogens with zero attached hydrogens (tertiary/aromatic N) is 1. The fourth-order valence-corrected chi connectivity index (χ4v) is 7.92. The van der Waals surface area contributed by atoms with Crippen molar-refractivity contribution in [1.29, 1.82) is 0 Å². The number of ketones is 2. The van der Waals surface area contributed by atoms with Gasteiger partial charge in [0.1, 0.15) is 11.2 Å². The molecule has 8 rings (SSSR count). The van der Waals surface area contributed by atoms with E-state index in [0.29, 0.717) is 11.1 Å². The second-order valence-corrected chi connectivity index (χ2v) is 16.5. The quantitative estimate of drug-likeness (QED) is 0.134. The SMILES string of the molecule is CC(C)(C)c1ccc(N(c2ccc(C(C)(C)C)cc2)c2ccc3c(c2)oc2cc(-c4ccc(C=C5C(=O)c6ccccc6C5=O)cc4)sc23)cc1. The van der Waals surface area contributed by atoms with Gasteiger partial charge in [-0.25, -0.2) is 0 Å². The molecule has 0 aliphatic heterocycles. The Balaban J connectivity index is 1.11. The van der Waals surface area contributed by atoms with E-state index in [9.17, 15) is 9.59 Å². The fourth-order valence-electron chi connectivity index (χ4n) is 6.80. The van der Waals surface area contributed by atoms with Crippen molar-refractivity contribution in [3.8, 4) is 10.4 Å². The Hall–Kier alpha value is -5.52. The van der Waals surface area contributed by atoms with Crippen LogP contribution in [0.1, 0.15) is 78.9 Å². The fraction of sp³-hybridized carbons (Fsp3) is 0.174. The van der Waals surface area contributed by atoms with E-state index in [1.54, 1.807) is 41.7 Å². The van der Waals surface area contributed by atoms with E-state index in [0.717, 1.165) is 54.3 Å². The van der Waals surface area contributed by atoms with Crippen LogP contribution in [0.4, 0.5) is 17.1 Å². The lowest BCUT2D eigenvalue weighted by Crippen LogP contribution is -2.14. The monoisotopic (exact) mass is 685 g/mol. The molecular formula is C46H39NO3S. The number of benzene rings is 5. The topological polar surface area (TPSA) is 50.5 Å². The third-order valence-electron chi connectivity index (χ3n) is 9.78. The van der Waals surface area contributed by atoms with Gasteiger partial charge in [-0.1, -0.05) is 114 Å². The van der Waals surface area contributed by atoms with E-state index in [2.05, 4.69) is 119 Å². The van der Waals surface area contributed by atoms with Gasteiger partial charge in [-0.3, -0.25) is 9.59 Å². The zero-order chi connectivity index (χ0) is 35.7.